The fourth-order valence-corrected chi connectivity index (χ4v) is 7.97. The zero-order valence-corrected chi connectivity index (χ0v) is 23.9. The van der Waals surface area contributed by atoms with Crippen LogP contribution in [0.4, 0.5) is 0 Å². The number of hydrogen-bond acceptors (Lipinski definition) is 2. The molecule has 0 spiro atoms. The van der Waals surface area contributed by atoms with Gasteiger partial charge in [-0.3, -0.25) is 0 Å². The number of hydrogen-bond donors (Lipinski definition) is 0. The molecule has 2 aliphatic rings. The zero-order chi connectivity index (χ0) is 22.5. The molecule has 2 nitrogen and oxygen atoms in total. The summed E-state index contributed by atoms with van der Waals surface area (Å²) < 4.78 is 13.7. The molecule has 0 aliphatic heterocycles. The molecule has 2 aliphatic carbocycles. The molecular weight excluding hydrogens is 388 g/mol. The molecule has 2 fully saturated rings. The van der Waals surface area contributed by atoms with E-state index >= 15 is 0 Å². The molecule has 4 heteroatoms. The maximum absolute atomic E-state index is 7.02. The summed E-state index contributed by atoms with van der Waals surface area (Å²) >= 11 is 0. The lowest BCUT2D eigenvalue weighted by Gasteiger charge is -2.50. The second kappa shape index (κ2) is 8.37. The minimum Gasteiger partial charge on any atom is -0.417 e. The molecule has 5 atom stereocenters. The number of fused-ring (bicyclic) bond motifs is 1. The Labute approximate surface area is 185 Å². The largest absolute Gasteiger partial charge is 0.417 e. The van der Waals surface area contributed by atoms with Gasteiger partial charge in [0.15, 0.2) is 16.6 Å². The van der Waals surface area contributed by atoms with Gasteiger partial charge in [-0.05, 0) is 85.1 Å². The van der Waals surface area contributed by atoms with Gasteiger partial charge in [-0.2, -0.15) is 0 Å². The molecular formula is C25H52O2Si2. The van der Waals surface area contributed by atoms with Crippen LogP contribution in [0.25, 0.3) is 0 Å². The van der Waals surface area contributed by atoms with E-state index in [1.54, 1.807) is 0 Å². The molecule has 0 amide bonds. The van der Waals surface area contributed by atoms with E-state index in [4.69, 9.17) is 8.85 Å². The quantitative estimate of drug-likeness (QED) is 0.387. The van der Waals surface area contributed by atoms with E-state index in [1.807, 2.05) is 0 Å². The second-order valence-electron chi connectivity index (χ2n) is 13.7. The molecule has 0 aromatic heterocycles. The Morgan fingerprint density at radius 3 is 1.97 bits per heavy atom. The van der Waals surface area contributed by atoms with Gasteiger partial charge in [0.05, 0.1) is 0 Å². The van der Waals surface area contributed by atoms with Crippen molar-refractivity contribution in [2.24, 2.45) is 23.2 Å². The lowest BCUT2D eigenvalue weighted by molar-refractivity contribution is -0.0253. The van der Waals surface area contributed by atoms with Crippen LogP contribution in [-0.4, -0.2) is 29.3 Å². The molecule has 0 saturated heterocycles. The SMILES string of the molecule is C[C@H](CO[Si](C)(C)C(C)(C)C)[C@H]1CC[C@H]2[C@@H](O[Si](C)(C)C(C)(C)C)CCC[C@]12C. The highest BCUT2D eigenvalue weighted by Crippen LogP contribution is 2.59. The first kappa shape index (κ1) is 25.6. The fraction of sp³-hybridized carbons (Fsp3) is 1.00. The summed E-state index contributed by atoms with van der Waals surface area (Å²) in [7, 11) is -3.39. The summed E-state index contributed by atoms with van der Waals surface area (Å²) in [4.78, 5) is 0. The highest BCUT2D eigenvalue weighted by Gasteiger charge is 2.54. The van der Waals surface area contributed by atoms with Crippen LogP contribution in [0.2, 0.25) is 36.3 Å². The predicted octanol–water partition coefficient (Wildman–Crippen LogP) is 8.25. The molecule has 0 bridgehead atoms. The highest BCUT2D eigenvalue weighted by atomic mass is 28.4. The zero-order valence-electron chi connectivity index (χ0n) is 21.9. The minimum absolute atomic E-state index is 0.293. The van der Waals surface area contributed by atoms with Gasteiger partial charge in [0.1, 0.15) is 0 Å². The predicted molar refractivity (Wildman–Crippen MR) is 133 cm³/mol. The summed E-state index contributed by atoms with van der Waals surface area (Å²) in [5.74, 6) is 2.17. The van der Waals surface area contributed by atoms with Crippen LogP contribution in [-0.2, 0) is 8.85 Å². The standard InChI is InChI=1S/C25H52O2Si2/c1-19(18-26-28(9,10)23(2,3)4)20-15-16-21-22(14-13-17-25(20,21)8)27-29(11,12)24(5,6)7/h19-22H,13-18H2,1-12H3/t19-,20-,21+,22+,25-/m1/s1. The Balaban J connectivity index is 2.09. The topological polar surface area (TPSA) is 18.5 Å². The van der Waals surface area contributed by atoms with Crippen molar-refractivity contribution in [3.63, 3.8) is 0 Å². The average Bonchev–Trinajstić information content (AvgIpc) is 2.88. The van der Waals surface area contributed by atoms with Crippen molar-refractivity contribution >= 4 is 16.6 Å². The van der Waals surface area contributed by atoms with Crippen molar-refractivity contribution in [1.29, 1.82) is 0 Å². The second-order valence-corrected chi connectivity index (χ2v) is 23.2. The summed E-state index contributed by atoms with van der Waals surface area (Å²) in [5, 5.41) is 0.588. The Morgan fingerprint density at radius 1 is 0.897 bits per heavy atom. The molecule has 0 unspecified atom stereocenters. The van der Waals surface area contributed by atoms with Gasteiger partial charge in [0.25, 0.3) is 0 Å². The van der Waals surface area contributed by atoms with Crippen molar-refractivity contribution in [3.05, 3.63) is 0 Å². The lowest BCUT2D eigenvalue weighted by Crippen LogP contribution is -2.50. The lowest BCUT2D eigenvalue weighted by atomic mass is 9.62. The Bertz CT molecular complexity index is 558. The van der Waals surface area contributed by atoms with Crippen molar-refractivity contribution in [2.45, 2.75) is 130 Å². The van der Waals surface area contributed by atoms with E-state index in [-0.39, 0.29) is 0 Å². The smallest absolute Gasteiger partial charge is 0.192 e. The van der Waals surface area contributed by atoms with Crippen LogP contribution in [0.3, 0.4) is 0 Å². The fourth-order valence-electron chi connectivity index (χ4n) is 5.46. The van der Waals surface area contributed by atoms with Gasteiger partial charge in [-0.1, -0.05) is 61.8 Å². The Morgan fingerprint density at radius 2 is 1.45 bits per heavy atom. The minimum atomic E-state index is -1.71. The maximum Gasteiger partial charge on any atom is 0.192 e. The van der Waals surface area contributed by atoms with Gasteiger partial charge >= 0.3 is 0 Å². The summed E-state index contributed by atoms with van der Waals surface area (Å²) in [5.41, 5.74) is 0.432. The van der Waals surface area contributed by atoms with Gasteiger partial charge in [-0.15, -0.1) is 0 Å². The molecule has 0 N–H and O–H groups in total. The van der Waals surface area contributed by atoms with Crippen molar-refractivity contribution < 1.29 is 8.85 Å². The first-order chi connectivity index (χ1) is 12.9. The molecule has 0 aromatic carbocycles. The van der Waals surface area contributed by atoms with E-state index in [1.165, 1.54) is 32.1 Å². The van der Waals surface area contributed by atoms with Gasteiger partial charge < -0.3 is 8.85 Å². The third-order valence-corrected chi connectivity index (χ3v) is 18.6. The molecule has 0 radical (unpaired) electrons. The molecule has 0 aromatic rings. The van der Waals surface area contributed by atoms with Crippen molar-refractivity contribution in [1.82, 2.24) is 0 Å². The molecule has 172 valence electrons. The summed E-state index contributed by atoms with van der Waals surface area (Å²) in [6.45, 7) is 29.8. The third kappa shape index (κ3) is 5.23. The van der Waals surface area contributed by atoms with E-state index < -0.39 is 16.6 Å². The van der Waals surface area contributed by atoms with Crippen LogP contribution in [0.1, 0.15) is 87.5 Å². The van der Waals surface area contributed by atoms with E-state index in [2.05, 4.69) is 81.6 Å². The number of rotatable bonds is 6. The maximum atomic E-state index is 7.02. The normalized spacial score (nSPS) is 32.9. The highest BCUT2D eigenvalue weighted by molar-refractivity contribution is 6.74. The summed E-state index contributed by atoms with van der Waals surface area (Å²) in [6, 6.07) is 0. The van der Waals surface area contributed by atoms with Crippen LogP contribution < -0.4 is 0 Å². The van der Waals surface area contributed by atoms with E-state index in [9.17, 15) is 0 Å². The van der Waals surface area contributed by atoms with Crippen LogP contribution in [0.15, 0.2) is 0 Å². The molecule has 29 heavy (non-hydrogen) atoms. The average molecular weight is 441 g/mol. The van der Waals surface area contributed by atoms with Gasteiger partial charge in [-0.25, -0.2) is 0 Å². The first-order valence-corrected chi connectivity index (χ1v) is 18.1. The van der Waals surface area contributed by atoms with Gasteiger partial charge in [0.2, 0.25) is 0 Å². The van der Waals surface area contributed by atoms with Crippen LogP contribution >= 0.6 is 0 Å². The van der Waals surface area contributed by atoms with E-state index in [0.29, 0.717) is 27.5 Å². The first-order valence-electron chi connectivity index (χ1n) is 12.2. The molecule has 0 heterocycles. The summed E-state index contributed by atoms with van der Waals surface area (Å²) in [6.07, 6.45) is 7.18. The van der Waals surface area contributed by atoms with Crippen LogP contribution in [0, 0.1) is 23.2 Å². The van der Waals surface area contributed by atoms with Gasteiger partial charge in [0, 0.05) is 12.7 Å². The third-order valence-electron chi connectivity index (χ3n) is 9.59. The van der Waals surface area contributed by atoms with E-state index in [0.717, 1.165) is 18.4 Å². The molecule has 2 saturated carbocycles. The Hall–Kier alpha value is 0.354. The van der Waals surface area contributed by atoms with Crippen molar-refractivity contribution in [2.75, 3.05) is 6.61 Å². The Kier molecular flexibility index (Phi) is 7.39. The van der Waals surface area contributed by atoms with Crippen molar-refractivity contribution in [3.8, 4) is 0 Å². The molecule has 2 rings (SSSR count). The van der Waals surface area contributed by atoms with Crippen LogP contribution in [0.5, 0.6) is 0 Å². The monoisotopic (exact) mass is 440 g/mol.